The Balaban J connectivity index is 2.40. The van der Waals surface area contributed by atoms with Gasteiger partial charge in [-0.3, -0.25) is 0 Å². The molecule has 1 atom stereocenters. The summed E-state index contributed by atoms with van der Waals surface area (Å²) in [6.07, 6.45) is 1.92. The summed E-state index contributed by atoms with van der Waals surface area (Å²) in [7, 11) is 0. The van der Waals surface area contributed by atoms with Crippen LogP contribution in [0, 0.1) is 28.9 Å². The second kappa shape index (κ2) is 3.59. The van der Waals surface area contributed by atoms with Gasteiger partial charge in [0.2, 0.25) is 0 Å². The van der Waals surface area contributed by atoms with E-state index in [1.165, 1.54) is 0 Å². The number of hydrogen-bond acceptors (Lipinski definition) is 2. The minimum Gasteiger partial charge on any atom is -0.324 e. The van der Waals surface area contributed by atoms with E-state index in [2.05, 4.69) is 0 Å². The summed E-state index contributed by atoms with van der Waals surface area (Å²) in [5, 5.41) is 8.51. The zero-order chi connectivity index (χ0) is 11.0. The highest BCUT2D eigenvalue weighted by molar-refractivity contribution is 5.36. The van der Waals surface area contributed by atoms with Crippen LogP contribution in [0.25, 0.3) is 0 Å². The maximum atomic E-state index is 13.5. The van der Waals surface area contributed by atoms with Gasteiger partial charge in [0.1, 0.15) is 17.7 Å². The van der Waals surface area contributed by atoms with Gasteiger partial charge in [-0.2, -0.15) is 5.26 Å². The van der Waals surface area contributed by atoms with Crippen LogP contribution in [-0.2, 0) is 0 Å². The first-order valence-electron chi connectivity index (χ1n) is 4.78. The fourth-order valence-corrected chi connectivity index (χ4v) is 1.61. The Hall–Kier alpha value is -1.47. The Bertz CT molecular complexity index is 433. The van der Waals surface area contributed by atoms with Gasteiger partial charge in [0.05, 0.1) is 5.56 Å². The lowest BCUT2D eigenvalue weighted by molar-refractivity contribution is 0.538. The lowest BCUT2D eigenvalue weighted by Gasteiger charge is -2.12. The van der Waals surface area contributed by atoms with Crippen molar-refractivity contribution >= 4 is 0 Å². The smallest absolute Gasteiger partial charge is 0.141 e. The molecule has 0 aromatic heterocycles. The van der Waals surface area contributed by atoms with Crippen LogP contribution in [0.3, 0.4) is 0 Å². The molecule has 4 heteroatoms. The van der Waals surface area contributed by atoms with Crippen molar-refractivity contribution in [1.29, 1.82) is 5.26 Å². The van der Waals surface area contributed by atoms with Gasteiger partial charge in [-0.25, -0.2) is 8.78 Å². The minimum atomic E-state index is -0.704. The SMILES string of the molecule is N#Cc1cc(F)c([C@H](N)C2CC2)cc1F. The predicted octanol–water partition coefficient (Wildman–Crippen LogP) is 2.25. The van der Waals surface area contributed by atoms with Gasteiger partial charge < -0.3 is 5.73 Å². The molecule has 15 heavy (non-hydrogen) atoms. The number of nitriles is 1. The first-order valence-corrected chi connectivity index (χ1v) is 4.78. The van der Waals surface area contributed by atoms with Crippen LogP contribution in [-0.4, -0.2) is 0 Å². The Kier molecular flexibility index (Phi) is 2.41. The second-order valence-electron chi connectivity index (χ2n) is 3.83. The third kappa shape index (κ3) is 1.83. The highest BCUT2D eigenvalue weighted by Crippen LogP contribution is 2.40. The molecule has 0 saturated heterocycles. The fraction of sp³-hybridized carbons (Fsp3) is 0.364. The molecule has 0 bridgehead atoms. The number of halogens is 2. The molecule has 1 aliphatic carbocycles. The van der Waals surface area contributed by atoms with Crippen LogP contribution in [0.15, 0.2) is 12.1 Å². The Morgan fingerprint density at radius 3 is 2.53 bits per heavy atom. The van der Waals surface area contributed by atoms with Crippen LogP contribution in [0.1, 0.15) is 30.0 Å². The standard InChI is InChI=1S/C11H10F2N2/c12-9-4-8(11(15)6-1-2-6)10(13)3-7(9)5-14/h3-4,6,11H,1-2,15H2/t11-/m1/s1. The summed E-state index contributed by atoms with van der Waals surface area (Å²) in [6.45, 7) is 0. The lowest BCUT2D eigenvalue weighted by atomic mass is 10.0. The molecule has 1 saturated carbocycles. The molecule has 2 N–H and O–H groups in total. The molecule has 0 spiro atoms. The molecule has 0 heterocycles. The van der Waals surface area contributed by atoms with E-state index in [0.29, 0.717) is 0 Å². The van der Waals surface area contributed by atoms with Crippen LogP contribution in [0.4, 0.5) is 8.78 Å². The molecule has 1 aliphatic rings. The summed E-state index contributed by atoms with van der Waals surface area (Å²) in [6, 6.07) is 3.09. The largest absolute Gasteiger partial charge is 0.324 e. The molecule has 0 radical (unpaired) electrons. The van der Waals surface area contributed by atoms with Crippen molar-refractivity contribution in [2.75, 3.05) is 0 Å². The highest BCUT2D eigenvalue weighted by atomic mass is 19.1. The van der Waals surface area contributed by atoms with E-state index >= 15 is 0 Å². The Labute approximate surface area is 86.3 Å². The average molecular weight is 208 g/mol. The average Bonchev–Trinajstić information content (AvgIpc) is 3.03. The molecular weight excluding hydrogens is 198 g/mol. The van der Waals surface area contributed by atoms with Gasteiger partial charge in [0.25, 0.3) is 0 Å². The van der Waals surface area contributed by atoms with E-state index in [0.717, 1.165) is 25.0 Å². The normalized spacial score (nSPS) is 17.2. The molecule has 2 rings (SSSR count). The van der Waals surface area contributed by atoms with Crippen molar-refractivity contribution in [3.8, 4) is 6.07 Å². The number of hydrogen-bond donors (Lipinski definition) is 1. The van der Waals surface area contributed by atoms with Crippen LogP contribution in [0.5, 0.6) is 0 Å². The first-order chi connectivity index (χ1) is 7.13. The summed E-state index contributed by atoms with van der Waals surface area (Å²) in [5.74, 6) is -1.04. The van der Waals surface area contributed by atoms with Gasteiger partial charge in [-0.05, 0) is 30.9 Å². The maximum absolute atomic E-state index is 13.5. The van der Waals surface area contributed by atoms with Crippen molar-refractivity contribution in [1.82, 2.24) is 0 Å². The summed E-state index contributed by atoms with van der Waals surface area (Å²) in [5.41, 5.74) is 5.67. The maximum Gasteiger partial charge on any atom is 0.141 e. The summed E-state index contributed by atoms with van der Waals surface area (Å²) < 4.78 is 26.7. The quantitative estimate of drug-likeness (QED) is 0.810. The fourth-order valence-electron chi connectivity index (χ4n) is 1.61. The number of nitrogens with zero attached hydrogens (tertiary/aromatic N) is 1. The molecule has 1 aromatic rings. The highest BCUT2D eigenvalue weighted by Gasteiger charge is 2.31. The third-order valence-corrected chi connectivity index (χ3v) is 2.70. The summed E-state index contributed by atoms with van der Waals surface area (Å²) >= 11 is 0. The topological polar surface area (TPSA) is 49.8 Å². The van der Waals surface area contributed by atoms with Crippen LogP contribution >= 0.6 is 0 Å². The summed E-state index contributed by atoms with van der Waals surface area (Å²) in [4.78, 5) is 0. The number of benzene rings is 1. The predicted molar refractivity (Wildman–Crippen MR) is 50.7 cm³/mol. The minimum absolute atomic E-state index is 0.175. The van der Waals surface area contributed by atoms with E-state index in [-0.39, 0.29) is 17.0 Å². The van der Waals surface area contributed by atoms with Gasteiger partial charge in [0, 0.05) is 11.6 Å². The van der Waals surface area contributed by atoms with E-state index in [1.807, 2.05) is 0 Å². The molecule has 1 fully saturated rings. The first kappa shape index (κ1) is 10.1. The van der Waals surface area contributed by atoms with E-state index in [1.54, 1.807) is 6.07 Å². The monoisotopic (exact) mass is 208 g/mol. The van der Waals surface area contributed by atoms with Crippen molar-refractivity contribution in [3.05, 3.63) is 34.9 Å². The van der Waals surface area contributed by atoms with E-state index in [4.69, 9.17) is 11.0 Å². The van der Waals surface area contributed by atoms with Gasteiger partial charge in [-0.1, -0.05) is 0 Å². The zero-order valence-electron chi connectivity index (χ0n) is 8.00. The molecule has 2 nitrogen and oxygen atoms in total. The van der Waals surface area contributed by atoms with Gasteiger partial charge in [-0.15, -0.1) is 0 Å². The van der Waals surface area contributed by atoms with E-state index < -0.39 is 17.7 Å². The molecule has 78 valence electrons. The molecular formula is C11H10F2N2. The third-order valence-electron chi connectivity index (χ3n) is 2.70. The van der Waals surface area contributed by atoms with Crippen molar-refractivity contribution < 1.29 is 8.78 Å². The van der Waals surface area contributed by atoms with Crippen molar-refractivity contribution in [2.45, 2.75) is 18.9 Å². The zero-order valence-corrected chi connectivity index (χ0v) is 8.00. The second-order valence-corrected chi connectivity index (χ2v) is 3.83. The number of nitrogens with two attached hydrogens (primary N) is 1. The van der Waals surface area contributed by atoms with Crippen molar-refractivity contribution in [3.63, 3.8) is 0 Å². The molecule has 0 aliphatic heterocycles. The molecule has 1 aromatic carbocycles. The number of rotatable bonds is 2. The Morgan fingerprint density at radius 1 is 1.33 bits per heavy atom. The van der Waals surface area contributed by atoms with Crippen LogP contribution in [0.2, 0.25) is 0 Å². The van der Waals surface area contributed by atoms with E-state index in [9.17, 15) is 8.78 Å². The molecule has 0 amide bonds. The van der Waals surface area contributed by atoms with Gasteiger partial charge in [0.15, 0.2) is 0 Å². The van der Waals surface area contributed by atoms with Gasteiger partial charge >= 0.3 is 0 Å². The van der Waals surface area contributed by atoms with Crippen LogP contribution < -0.4 is 5.73 Å². The lowest BCUT2D eigenvalue weighted by Crippen LogP contribution is -2.14. The van der Waals surface area contributed by atoms with Crippen molar-refractivity contribution in [2.24, 2.45) is 11.7 Å². The Morgan fingerprint density at radius 2 is 2.00 bits per heavy atom. The molecule has 0 unspecified atom stereocenters.